The molecule has 0 spiro atoms. The summed E-state index contributed by atoms with van der Waals surface area (Å²) in [5, 5.41) is 9.65. The van der Waals surface area contributed by atoms with Gasteiger partial charge in [0.25, 0.3) is 0 Å². The van der Waals surface area contributed by atoms with Crippen LogP contribution in [0.5, 0.6) is 11.5 Å². The molecule has 2 rings (SSSR count). The number of rotatable bonds is 4. The van der Waals surface area contributed by atoms with Gasteiger partial charge in [-0.3, -0.25) is 4.79 Å². The Balaban J connectivity index is 2.24. The first-order valence-corrected chi connectivity index (χ1v) is 6.57. The predicted molar refractivity (Wildman–Crippen MR) is 77.9 cm³/mol. The van der Waals surface area contributed by atoms with Crippen molar-refractivity contribution in [1.29, 1.82) is 0 Å². The van der Waals surface area contributed by atoms with E-state index < -0.39 is 34.8 Å². The average Bonchev–Trinajstić information content (AvgIpc) is 2.42. The maximum Gasteiger partial charge on any atom is 0.573 e. The molecule has 5 nitrogen and oxygen atoms in total. The molecule has 0 radical (unpaired) electrons. The van der Waals surface area contributed by atoms with Crippen molar-refractivity contribution in [3.05, 3.63) is 63.7 Å². The van der Waals surface area contributed by atoms with Gasteiger partial charge in [-0.25, -0.2) is 4.79 Å². The fraction of sp³-hybridized carbons (Fsp3) is 0.125. The molecule has 0 saturated heterocycles. The molecule has 0 aliphatic carbocycles. The minimum absolute atomic E-state index is 0.134. The zero-order chi connectivity index (χ0) is 17.9. The number of carbonyl (C=O) groups is 1. The van der Waals surface area contributed by atoms with Crippen LogP contribution in [0, 0.1) is 6.92 Å². The maximum absolute atomic E-state index is 12.2. The molecule has 0 amide bonds. The summed E-state index contributed by atoms with van der Waals surface area (Å²) >= 11 is 0. The smallest absolute Gasteiger partial charge is 0.507 e. The Hall–Kier alpha value is -3.03. The van der Waals surface area contributed by atoms with Crippen LogP contribution in [-0.2, 0) is 0 Å². The Labute approximate surface area is 133 Å². The number of aromatic hydroxyl groups is 1. The number of hydrogen-bond acceptors (Lipinski definition) is 5. The van der Waals surface area contributed by atoms with Crippen LogP contribution < -0.4 is 10.4 Å². The largest absolute Gasteiger partial charge is 0.573 e. The predicted octanol–water partition coefficient (Wildman–Crippen LogP) is 3.45. The minimum Gasteiger partial charge on any atom is -0.507 e. The molecule has 24 heavy (non-hydrogen) atoms. The number of halogens is 3. The lowest BCUT2D eigenvalue weighted by Crippen LogP contribution is -2.17. The normalized spacial score (nSPS) is 11.7. The summed E-state index contributed by atoms with van der Waals surface area (Å²) in [5.41, 5.74) is -1.32. The van der Waals surface area contributed by atoms with E-state index in [1.54, 1.807) is 0 Å². The van der Waals surface area contributed by atoms with Crippen LogP contribution in [0.15, 0.2) is 45.6 Å². The Bertz CT molecular complexity index is 850. The van der Waals surface area contributed by atoms with Gasteiger partial charge in [-0.1, -0.05) is 18.2 Å². The van der Waals surface area contributed by atoms with E-state index in [-0.39, 0.29) is 11.3 Å². The lowest BCUT2D eigenvalue weighted by molar-refractivity contribution is -0.274. The van der Waals surface area contributed by atoms with Gasteiger partial charge < -0.3 is 14.3 Å². The van der Waals surface area contributed by atoms with Crippen molar-refractivity contribution < 1.29 is 32.2 Å². The fourth-order valence-electron chi connectivity index (χ4n) is 1.89. The van der Waals surface area contributed by atoms with Crippen molar-refractivity contribution in [2.24, 2.45) is 0 Å². The number of ether oxygens (including phenoxy) is 1. The molecule has 1 aromatic carbocycles. The highest BCUT2D eigenvalue weighted by molar-refractivity contribution is 6.08. The molecule has 0 bridgehead atoms. The van der Waals surface area contributed by atoms with E-state index in [1.165, 1.54) is 25.1 Å². The molecule has 0 unspecified atom stereocenters. The SMILES string of the molecule is Cc1cc(O)c(C(=O)C=Cc2cccc(OC(F)(F)F)c2)c(=O)o1. The van der Waals surface area contributed by atoms with Gasteiger partial charge in [0.05, 0.1) is 0 Å². The van der Waals surface area contributed by atoms with Crippen molar-refractivity contribution in [3.8, 4) is 11.5 Å². The monoisotopic (exact) mass is 340 g/mol. The van der Waals surface area contributed by atoms with E-state index in [4.69, 9.17) is 4.42 Å². The van der Waals surface area contributed by atoms with Crippen molar-refractivity contribution >= 4 is 11.9 Å². The number of carbonyl (C=O) groups excluding carboxylic acids is 1. The van der Waals surface area contributed by atoms with Crippen LogP contribution in [0.4, 0.5) is 13.2 Å². The Morgan fingerprint density at radius 1 is 1.29 bits per heavy atom. The van der Waals surface area contributed by atoms with Gasteiger partial charge in [-0.15, -0.1) is 13.2 Å². The third kappa shape index (κ3) is 4.48. The van der Waals surface area contributed by atoms with E-state index in [0.29, 0.717) is 0 Å². The van der Waals surface area contributed by atoms with Crippen molar-refractivity contribution in [2.45, 2.75) is 13.3 Å². The van der Waals surface area contributed by atoms with Crippen molar-refractivity contribution in [3.63, 3.8) is 0 Å². The fourth-order valence-corrected chi connectivity index (χ4v) is 1.89. The van der Waals surface area contributed by atoms with Crippen molar-refractivity contribution in [1.82, 2.24) is 0 Å². The van der Waals surface area contributed by atoms with E-state index in [2.05, 4.69) is 4.74 Å². The lowest BCUT2D eigenvalue weighted by Gasteiger charge is -2.08. The zero-order valence-electron chi connectivity index (χ0n) is 12.3. The molecule has 1 heterocycles. The average molecular weight is 340 g/mol. The van der Waals surface area contributed by atoms with E-state index in [1.807, 2.05) is 0 Å². The molecule has 0 saturated carbocycles. The molecular formula is C16H11F3O5. The van der Waals surface area contributed by atoms with Crippen LogP contribution in [0.3, 0.4) is 0 Å². The first kappa shape index (κ1) is 17.3. The topological polar surface area (TPSA) is 76.7 Å². The van der Waals surface area contributed by atoms with Gasteiger partial charge in [0.2, 0.25) is 0 Å². The molecule has 0 aliphatic heterocycles. The van der Waals surface area contributed by atoms with Crippen LogP contribution in [0.1, 0.15) is 21.7 Å². The van der Waals surface area contributed by atoms with Crippen LogP contribution in [0.2, 0.25) is 0 Å². The van der Waals surface area contributed by atoms with E-state index in [9.17, 15) is 27.9 Å². The maximum atomic E-state index is 12.2. The van der Waals surface area contributed by atoms with E-state index in [0.717, 1.165) is 24.3 Å². The molecule has 0 fully saturated rings. The lowest BCUT2D eigenvalue weighted by atomic mass is 10.1. The zero-order valence-corrected chi connectivity index (χ0v) is 12.3. The molecule has 2 aromatic rings. The highest BCUT2D eigenvalue weighted by atomic mass is 19.4. The van der Waals surface area contributed by atoms with Gasteiger partial charge in [0.1, 0.15) is 22.8 Å². The van der Waals surface area contributed by atoms with Crippen molar-refractivity contribution in [2.75, 3.05) is 0 Å². The summed E-state index contributed by atoms with van der Waals surface area (Å²) in [7, 11) is 0. The molecule has 0 aliphatic rings. The van der Waals surface area contributed by atoms with Gasteiger partial charge in [0.15, 0.2) is 5.78 Å². The number of benzene rings is 1. The van der Waals surface area contributed by atoms with Gasteiger partial charge in [-0.05, 0) is 30.7 Å². The molecule has 8 heteroatoms. The number of ketones is 1. The Morgan fingerprint density at radius 3 is 2.62 bits per heavy atom. The van der Waals surface area contributed by atoms with Crippen LogP contribution in [-0.4, -0.2) is 17.3 Å². The second-order valence-corrected chi connectivity index (χ2v) is 4.72. The molecule has 1 N–H and O–H groups in total. The summed E-state index contributed by atoms with van der Waals surface area (Å²) in [5.74, 6) is -1.69. The molecular weight excluding hydrogens is 329 g/mol. The van der Waals surface area contributed by atoms with E-state index >= 15 is 0 Å². The first-order chi connectivity index (χ1) is 11.2. The summed E-state index contributed by atoms with van der Waals surface area (Å²) in [6.07, 6.45) is -2.71. The third-order valence-electron chi connectivity index (χ3n) is 2.82. The second-order valence-electron chi connectivity index (χ2n) is 4.72. The second kappa shape index (κ2) is 6.61. The van der Waals surface area contributed by atoms with Crippen LogP contribution in [0.25, 0.3) is 6.08 Å². The highest BCUT2D eigenvalue weighted by Gasteiger charge is 2.31. The third-order valence-corrected chi connectivity index (χ3v) is 2.82. The highest BCUT2D eigenvalue weighted by Crippen LogP contribution is 2.24. The Morgan fingerprint density at radius 2 is 2.00 bits per heavy atom. The summed E-state index contributed by atoms with van der Waals surface area (Å²) in [6.45, 7) is 1.43. The quantitative estimate of drug-likeness (QED) is 0.681. The summed E-state index contributed by atoms with van der Waals surface area (Å²) in [6, 6.07) is 6.02. The van der Waals surface area contributed by atoms with Gasteiger partial charge in [0, 0.05) is 6.07 Å². The first-order valence-electron chi connectivity index (χ1n) is 6.57. The minimum atomic E-state index is -4.83. The number of alkyl halides is 3. The Kier molecular flexibility index (Phi) is 4.77. The molecule has 126 valence electrons. The standard InChI is InChI=1S/C16H11F3O5/c1-9-7-13(21)14(15(22)23-9)12(20)6-5-10-3-2-4-11(8-10)24-16(17,18)19/h2-8,21H,1H3. The molecule has 1 aromatic heterocycles. The van der Waals surface area contributed by atoms with Crippen LogP contribution >= 0.6 is 0 Å². The molecule has 0 atom stereocenters. The number of allylic oxidation sites excluding steroid dienone is 1. The number of aryl methyl sites for hydroxylation is 1. The number of hydrogen-bond donors (Lipinski definition) is 1. The van der Waals surface area contributed by atoms with Gasteiger partial charge in [-0.2, -0.15) is 0 Å². The summed E-state index contributed by atoms with van der Waals surface area (Å²) in [4.78, 5) is 23.6. The summed E-state index contributed by atoms with van der Waals surface area (Å²) < 4.78 is 45.0. The van der Waals surface area contributed by atoms with Gasteiger partial charge >= 0.3 is 12.0 Å².